The van der Waals surface area contributed by atoms with Gasteiger partial charge in [0.25, 0.3) is 0 Å². The van der Waals surface area contributed by atoms with Crippen molar-refractivity contribution in [2.45, 2.75) is 18.4 Å². The first kappa shape index (κ1) is 20.9. The van der Waals surface area contributed by atoms with Crippen LogP contribution >= 0.6 is 11.6 Å². The molecule has 3 rings (SSSR count). The van der Waals surface area contributed by atoms with Crippen LogP contribution in [0, 0.1) is 6.92 Å². The fourth-order valence-corrected chi connectivity index (χ4v) is 5.27. The highest BCUT2D eigenvalue weighted by Gasteiger charge is 2.30. The number of sulfonamides is 1. The lowest BCUT2D eigenvalue weighted by Crippen LogP contribution is -2.48. The molecule has 6 nitrogen and oxygen atoms in total. The van der Waals surface area contributed by atoms with Crippen molar-refractivity contribution in [3.8, 4) is 11.5 Å². The Bertz CT molecular complexity index is 941. The Hall–Kier alpha value is -1.80. The molecule has 0 bridgehead atoms. The van der Waals surface area contributed by atoms with E-state index in [9.17, 15) is 8.42 Å². The molecule has 2 aromatic rings. The van der Waals surface area contributed by atoms with Crippen LogP contribution in [-0.2, 0) is 16.6 Å². The van der Waals surface area contributed by atoms with Crippen LogP contribution in [0.15, 0.2) is 41.3 Å². The van der Waals surface area contributed by atoms with Gasteiger partial charge < -0.3 is 9.47 Å². The molecule has 0 unspecified atom stereocenters. The molecule has 0 atom stereocenters. The summed E-state index contributed by atoms with van der Waals surface area (Å²) in [7, 11) is -0.321. The Kier molecular flexibility index (Phi) is 6.50. The van der Waals surface area contributed by atoms with E-state index in [2.05, 4.69) is 4.90 Å². The van der Waals surface area contributed by atoms with E-state index >= 15 is 0 Å². The standard InChI is InChI=1S/C20H25ClN2O4S/c1-15-17(21)5-4-6-20(15)28(24,25)23-11-9-22(10-12-23)14-16-7-8-18(26-2)19(13-16)27-3/h4-8,13H,9-12,14H2,1-3H3. The van der Waals surface area contributed by atoms with Gasteiger partial charge in [0, 0.05) is 37.7 Å². The normalized spacial score (nSPS) is 16.1. The van der Waals surface area contributed by atoms with Crippen LogP contribution in [0.3, 0.4) is 0 Å². The Morgan fingerprint density at radius 2 is 1.68 bits per heavy atom. The first-order valence-corrected chi connectivity index (χ1v) is 10.9. The molecule has 1 saturated heterocycles. The van der Waals surface area contributed by atoms with E-state index < -0.39 is 10.0 Å². The summed E-state index contributed by atoms with van der Waals surface area (Å²) in [6, 6.07) is 10.8. The van der Waals surface area contributed by atoms with Gasteiger partial charge >= 0.3 is 0 Å². The van der Waals surface area contributed by atoms with Gasteiger partial charge in [-0.05, 0) is 42.3 Å². The minimum atomic E-state index is -3.55. The van der Waals surface area contributed by atoms with Crippen molar-refractivity contribution >= 4 is 21.6 Å². The van der Waals surface area contributed by atoms with Crippen LogP contribution in [0.2, 0.25) is 5.02 Å². The monoisotopic (exact) mass is 424 g/mol. The molecule has 1 aliphatic rings. The molecule has 0 aromatic heterocycles. The van der Waals surface area contributed by atoms with Gasteiger partial charge in [-0.3, -0.25) is 4.90 Å². The zero-order chi connectivity index (χ0) is 20.3. The topological polar surface area (TPSA) is 59.1 Å². The maximum atomic E-state index is 13.0. The molecule has 0 spiro atoms. The van der Waals surface area contributed by atoms with Crippen molar-refractivity contribution in [3.63, 3.8) is 0 Å². The van der Waals surface area contributed by atoms with E-state index in [1.54, 1.807) is 39.3 Å². The fourth-order valence-electron chi connectivity index (χ4n) is 3.37. The van der Waals surface area contributed by atoms with Gasteiger partial charge in [0.05, 0.1) is 19.1 Å². The Morgan fingerprint density at radius 3 is 2.32 bits per heavy atom. The zero-order valence-electron chi connectivity index (χ0n) is 16.3. The molecule has 1 heterocycles. The van der Waals surface area contributed by atoms with E-state index in [0.717, 1.165) is 12.1 Å². The predicted molar refractivity (Wildman–Crippen MR) is 110 cm³/mol. The molecule has 0 amide bonds. The average molecular weight is 425 g/mol. The van der Waals surface area contributed by atoms with Gasteiger partial charge in [0.2, 0.25) is 10.0 Å². The Labute approximate surface area is 171 Å². The second kappa shape index (κ2) is 8.69. The maximum Gasteiger partial charge on any atom is 0.243 e. The van der Waals surface area contributed by atoms with E-state index in [1.165, 1.54) is 4.31 Å². The highest BCUT2D eigenvalue weighted by molar-refractivity contribution is 7.89. The SMILES string of the molecule is COc1ccc(CN2CCN(S(=O)(=O)c3cccc(Cl)c3C)CC2)cc1OC. The van der Waals surface area contributed by atoms with Crippen molar-refractivity contribution in [1.82, 2.24) is 9.21 Å². The van der Waals surface area contributed by atoms with E-state index in [0.29, 0.717) is 48.3 Å². The molecule has 8 heteroatoms. The second-order valence-electron chi connectivity index (χ2n) is 6.73. The number of piperazine rings is 1. The van der Waals surface area contributed by atoms with Gasteiger partial charge in [-0.25, -0.2) is 8.42 Å². The van der Waals surface area contributed by atoms with Crippen molar-refractivity contribution in [2.24, 2.45) is 0 Å². The fraction of sp³-hybridized carbons (Fsp3) is 0.400. The van der Waals surface area contributed by atoms with Crippen LogP contribution in [0.5, 0.6) is 11.5 Å². The number of halogens is 1. The third-order valence-electron chi connectivity index (χ3n) is 5.02. The Balaban J connectivity index is 1.67. The maximum absolute atomic E-state index is 13.0. The number of methoxy groups -OCH3 is 2. The van der Waals surface area contributed by atoms with Gasteiger partial charge in [-0.15, -0.1) is 0 Å². The zero-order valence-corrected chi connectivity index (χ0v) is 17.9. The minimum Gasteiger partial charge on any atom is -0.493 e. The van der Waals surface area contributed by atoms with Crippen molar-refractivity contribution in [2.75, 3.05) is 40.4 Å². The van der Waals surface area contributed by atoms with Crippen LogP contribution in [0.25, 0.3) is 0 Å². The lowest BCUT2D eigenvalue weighted by atomic mass is 10.1. The molecule has 1 aliphatic heterocycles. The van der Waals surface area contributed by atoms with Crippen molar-refractivity contribution in [1.29, 1.82) is 0 Å². The number of ether oxygens (including phenoxy) is 2. The summed E-state index contributed by atoms with van der Waals surface area (Å²) >= 11 is 6.11. The third-order valence-corrected chi connectivity index (χ3v) is 7.47. The highest BCUT2D eigenvalue weighted by atomic mass is 35.5. The summed E-state index contributed by atoms with van der Waals surface area (Å²) in [5, 5.41) is 0.466. The summed E-state index contributed by atoms with van der Waals surface area (Å²) in [6.07, 6.45) is 0. The second-order valence-corrected chi connectivity index (χ2v) is 9.05. The quantitative estimate of drug-likeness (QED) is 0.712. The van der Waals surface area contributed by atoms with Crippen molar-refractivity contribution < 1.29 is 17.9 Å². The molecule has 1 fully saturated rings. The van der Waals surface area contributed by atoms with Crippen LogP contribution in [0.1, 0.15) is 11.1 Å². The molecule has 2 aromatic carbocycles. The van der Waals surface area contributed by atoms with Crippen LogP contribution < -0.4 is 9.47 Å². The summed E-state index contributed by atoms with van der Waals surface area (Å²) in [5.74, 6) is 1.39. The highest BCUT2D eigenvalue weighted by Crippen LogP contribution is 2.29. The largest absolute Gasteiger partial charge is 0.493 e. The van der Waals surface area contributed by atoms with Gasteiger partial charge in [-0.1, -0.05) is 23.7 Å². The number of hydrogen-bond acceptors (Lipinski definition) is 5. The van der Waals surface area contributed by atoms with Gasteiger partial charge in [-0.2, -0.15) is 4.31 Å². The molecule has 28 heavy (non-hydrogen) atoms. The first-order valence-electron chi connectivity index (χ1n) is 9.05. The van der Waals surface area contributed by atoms with E-state index in [4.69, 9.17) is 21.1 Å². The lowest BCUT2D eigenvalue weighted by Gasteiger charge is -2.34. The summed E-state index contributed by atoms with van der Waals surface area (Å²) < 4.78 is 38.2. The van der Waals surface area contributed by atoms with E-state index in [1.807, 2.05) is 18.2 Å². The molecular formula is C20H25ClN2O4S. The lowest BCUT2D eigenvalue weighted by molar-refractivity contribution is 0.181. The number of nitrogens with zero attached hydrogens (tertiary/aromatic N) is 2. The minimum absolute atomic E-state index is 0.286. The smallest absolute Gasteiger partial charge is 0.243 e. The van der Waals surface area contributed by atoms with Crippen LogP contribution in [-0.4, -0.2) is 58.0 Å². The van der Waals surface area contributed by atoms with Gasteiger partial charge in [0.1, 0.15) is 0 Å². The summed E-state index contributed by atoms with van der Waals surface area (Å²) in [6.45, 7) is 4.68. The summed E-state index contributed by atoms with van der Waals surface area (Å²) in [5.41, 5.74) is 1.69. The van der Waals surface area contributed by atoms with E-state index in [-0.39, 0.29) is 4.90 Å². The van der Waals surface area contributed by atoms with Crippen LogP contribution in [0.4, 0.5) is 0 Å². The number of hydrogen-bond donors (Lipinski definition) is 0. The number of benzene rings is 2. The molecule has 0 N–H and O–H groups in total. The molecule has 0 aliphatic carbocycles. The average Bonchev–Trinajstić information content (AvgIpc) is 2.70. The third kappa shape index (κ3) is 4.27. The molecule has 0 radical (unpaired) electrons. The van der Waals surface area contributed by atoms with Gasteiger partial charge in [0.15, 0.2) is 11.5 Å². The molecular weight excluding hydrogens is 400 g/mol. The van der Waals surface area contributed by atoms with Crippen molar-refractivity contribution in [3.05, 3.63) is 52.5 Å². The number of rotatable bonds is 6. The molecule has 152 valence electrons. The predicted octanol–water partition coefficient (Wildman–Crippen LogP) is 3.17. The Morgan fingerprint density at radius 1 is 1.00 bits per heavy atom. The first-order chi connectivity index (χ1) is 13.4. The molecule has 0 saturated carbocycles. The summed E-state index contributed by atoms with van der Waals surface area (Å²) in [4.78, 5) is 2.52.